The third kappa shape index (κ3) is 7.55. The van der Waals surface area contributed by atoms with E-state index in [4.69, 9.17) is 4.74 Å². The smallest absolute Gasteiger partial charge is 0.224 e. The Labute approximate surface area is 252 Å². The summed E-state index contributed by atoms with van der Waals surface area (Å²) in [5, 5.41) is 13.6. The number of carbonyl (C=O) groups excluding carboxylic acids is 1. The van der Waals surface area contributed by atoms with Gasteiger partial charge in [0.25, 0.3) is 0 Å². The minimum atomic E-state index is -0.446. The second kappa shape index (κ2) is 12.5. The van der Waals surface area contributed by atoms with E-state index in [1.165, 1.54) is 30.3 Å². The van der Waals surface area contributed by atoms with Crippen molar-refractivity contribution in [1.82, 2.24) is 4.98 Å². The van der Waals surface area contributed by atoms with Gasteiger partial charge >= 0.3 is 0 Å². The van der Waals surface area contributed by atoms with Gasteiger partial charge in [-0.05, 0) is 41.1 Å². The van der Waals surface area contributed by atoms with Crippen LogP contribution in [0.2, 0.25) is 0 Å². The van der Waals surface area contributed by atoms with E-state index in [9.17, 15) is 18.7 Å². The summed E-state index contributed by atoms with van der Waals surface area (Å²) in [5.74, 6) is -0.0285. The Morgan fingerprint density at radius 3 is 2.20 bits per heavy atom. The molecular weight excluding hydrogens is 701 g/mol. The van der Waals surface area contributed by atoms with Crippen molar-refractivity contribution >= 4 is 38.1 Å². The van der Waals surface area contributed by atoms with Crippen LogP contribution in [-0.4, -0.2) is 15.9 Å². The van der Waals surface area contributed by atoms with Gasteiger partial charge in [-0.15, -0.1) is 29.0 Å². The zero-order valence-corrected chi connectivity index (χ0v) is 26.2. The molecule has 41 heavy (non-hydrogen) atoms. The first-order valence-corrected chi connectivity index (χ1v) is 12.9. The zero-order chi connectivity index (χ0) is 29.2. The van der Waals surface area contributed by atoms with Crippen LogP contribution in [0.4, 0.5) is 8.78 Å². The molecular formula is C34H32F2IrNO3-. The van der Waals surface area contributed by atoms with E-state index in [1.807, 2.05) is 77.9 Å². The standard InChI is InChI=1S/C23H12F2NO.C11H20O2.Ir/c24-16-6-8-19-20(12-16)18-9-10-26-23(21(18)13-22(19)25)27-17-7-5-14-3-1-2-4-15(14)11-17;1-10(2,3)8(12)7-9(13)11(4,5)6;/h1-6,8-13H;7,12H,1-6H3;/q-1;;/b;8-7-;. The number of rotatable bonds is 3. The number of pyridine rings is 1. The summed E-state index contributed by atoms with van der Waals surface area (Å²) >= 11 is 0. The van der Waals surface area contributed by atoms with E-state index < -0.39 is 17.0 Å². The summed E-state index contributed by atoms with van der Waals surface area (Å²) in [6, 6.07) is 21.7. The Morgan fingerprint density at radius 1 is 0.854 bits per heavy atom. The van der Waals surface area contributed by atoms with Crippen LogP contribution in [0.15, 0.2) is 84.8 Å². The molecule has 1 radical (unpaired) electrons. The third-order valence-electron chi connectivity index (χ3n) is 6.39. The zero-order valence-electron chi connectivity index (χ0n) is 23.8. The molecule has 7 heteroatoms. The summed E-state index contributed by atoms with van der Waals surface area (Å²) in [5.41, 5.74) is -0.764. The van der Waals surface area contributed by atoms with E-state index in [0.29, 0.717) is 27.3 Å². The Bertz CT molecular complexity index is 1750. The number of ether oxygens (including phenoxy) is 1. The molecule has 4 aromatic carbocycles. The molecule has 0 bridgehead atoms. The second-order valence-corrected chi connectivity index (χ2v) is 11.7. The second-order valence-electron chi connectivity index (χ2n) is 11.7. The van der Waals surface area contributed by atoms with Gasteiger partial charge in [-0.1, -0.05) is 59.7 Å². The Balaban J connectivity index is 0.000000284. The van der Waals surface area contributed by atoms with Crippen molar-refractivity contribution in [2.45, 2.75) is 41.5 Å². The molecule has 5 rings (SSSR count). The van der Waals surface area contributed by atoms with Crippen LogP contribution in [-0.2, 0) is 24.9 Å². The molecule has 0 saturated heterocycles. The fourth-order valence-electron chi connectivity index (χ4n) is 3.89. The number of ketones is 1. The van der Waals surface area contributed by atoms with E-state index in [1.54, 1.807) is 12.3 Å². The minimum absolute atomic E-state index is 0. The molecule has 0 saturated carbocycles. The first-order valence-electron chi connectivity index (χ1n) is 12.9. The average molecular weight is 733 g/mol. The quantitative estimate of drug-likeness (QED) is 0.0870. The van der Waals surface area contributed by atoms with Gasteiger partial charge in [-0.2, -0.15) is 6.07 Å². The van der Waals surface area contributed by atoms with E-state index >= 15 is 0 Å². The maximum atomic E-state index is 14.6. The van der Waals surface area contributed by atoms with Gasteiger partial charge in [0.1, 0.15) is 17.4 Å². The summed E-state index contributed by atoms with van der Waals surface area (Å²) in [7, 11) is 0. The molecule has 0 atom stereocenters. The van der Waals surface area contributed by atoms with Crippen LogP contribution in [0.1, 0.15) is 41.5 Å². The molecule has 0 spiro atoms. The molecule has 5 aromatic rings. The average Bonchev–Trinajstić information content (AvgIpc) is 2.88. The number of aliphatic hydroxyl groups excluding tert-OH is 1. The van der Waals surface area contributed by atoms with Crippen LogP contribution in [0.25, 0.3) is 32.3 Å². The molecule has 1 N–H and O–H groups in total. The van der Waals surface area contributed by atoms with Crippen LogP contribution in [0.5, 0.6) is 11.6 Å². The van der Waals surface area contributed by atoms with Gasteiger partial charge < -0.3 is 9.84 Å². The number of aromatic nitrogens is 1. The Kier molecular flexibility index (Phi) is 9.68. The largest absolute Gasteiger partial charge is 0.512 e. The number of aliphatic hydroxyl groups is 1. The third-order valence-corrected chi connectivity index (χ3v) is 6.39. The molecule has 1 heterocycles. The summed E-state index contributed by atoms with van der Waals surface area (Å²) < 4.78 is 34.2. The monoisotopic (exact) mass is 733 g/mol. The van der Waals surface area contributed by atoms with E-state index in [0.717, 1.165) is 10.8 Å². The molecule has 0 aliphatic rings. The van der Waals surface area contributed by atoms with Gasteiger partial charge in [0.15, 0.2) is 5.78 Å². The molecule has 0 unspecified atom stereocenters. The predicted octanol–water partition coefficient (Wildman–Crippen LogP) is 9.50. The first-order chi connectivity index (χ1) is 18.7. The molecule has 0 aliphatic heterocycles. The van der Waals surface area contributed by atoms with Crippen LogP contribution in [0.3, 0.4) is 0 Å². The number of benzene rings is 4. The number of hydrogen-bond acceptors (Lipinski definition) is 4. The number of hydrogen-bond donors (Lipinski definition) is 1. The molecule has 0 fully saturated rings. The first kappa shape index (κ1) is 31.9. The summed E-state index contributed by atoms with van der Waals surface area (Å²) in [6.45, 7) is 11.1. The number of halogens is 2. The van der Waals surface area contributed by atoms with Gasteiger partial charge in [0.2, 0.25) is 5.88 Å². The van der Waals surface area contributed by atoms with Crippen LogP contribution in [0, 0.1) is 28.5 Å². The van der Waals surface area contributed by atoms with Crippen molar-refractivity contribution in [3.63, 3.8) is 0 Å². The number of carbonyl (C=O) groups is 1. The van der Waals surface area contributed by atoms with E-state index in [-0.39, 0.29) is 42.9 Å². The van der Waals surface area contributed by atoms with Crippen molar-refractivity contribution in [3.8, 4) is 11.6 Å². The predicted molar refractivity (Wildman–Crippen MR) is 157 cm³/mol. The van der Waals surface area contributed by atoms with Crippen molar-refractivity contribution in [3.05, 3.63) is 102 Å². The van der Waals surface area contributed by atoms with Gasteiger partial charge in [-0.25, -0.2) is 13.8 Å². The molecule has 215 valence electrons. The molecule has 0 aliphatic carbocycles. The number of allylic oxidation sites excluding steroid dienone is 2. The SMILES string of the molecule is CC(C)(C)C(=O)/C=C(\O)C(C)(C)C.Fc1ccc2c(F)cc3c(Oc4[c-]cc5ccccc5c4)nccc3c2c1.[Ir]. The maximum absolute atomic E-state index is 14.6. The molecule has 1 aromatic heterocycles. The van der Waals surface area contributed by atoms with Gasteiger partial charge in [0, 0.05) is 59.7 Å². The molecule has 4 nitrogen and oxygen atoms in total. The maximum Gasteiger partial charge on any atom is 0.224 e. The Hall–Kier alpha value is -3.67. The van der Waals surface area contributed by atoms with E-state index in [2.05, 4.69) is 11.1 Å². The number of fused-ring (bicyclic) bond motifs is 4. The van der Waals surface area contributed by atoms with Gasteiger partial charge in [-0.3, -0.25) is 4.79 Å². The summed E-state index contributed by atoms with van der Waals surface area (Å²) in [6.07, 6.45) is 2.90. The van der Waals surface area contributed by atoms with Crippen LogP contribution < -0.4 is 4.74 Å². The van der Waals surface area contributed by atoms with Crippen molar-refractivity contribution in [1.29, 1.82) is 0 Å². The van der Waals surface area contributed by atoms with Gasteiger partial charge in [0.05, 0.1) is 0 Å². The topological polar surface area (TPSA) is 59.4 Å². The van der Waals surface area contributed by atoms with Crippen molar-refractivity contribution < 1.29 is 43.5 Å². The van der Waals surface area contributed by atoms with Crippen LogP contribution >= 0.6 is 0 Å². The fourth-order valence-corrected chi connectivity index (χ4v) is 3.89. The summed E-state index contributed by atoms with van der Waals surface area (Å²) in [4.78, 5) is 15.7. The minimum Gasteiger partial charge on any atom is -0.512 e. The molecule has 0 amide bonds. The fraction of sp³-hybridized carbons (Fsp3) is 0.235. The van der Waals surface area contributed by atoms with Crippen molar-refractivity contribution in [2.75, 3.05) is 0 Å². The van der Waals surface area contributed by atoms with Crippen molar-refractivity contribution in [2.24, 2.45) is 10.8 Å². The number of nitrogens with zero attached hydrogens (tertiary/aromatic N) is 1. The normalized spacial score (nSPS) is 12.0. The Morgan fingerprint density at radius 2 is 1.54 bits per heavy atom.